The Morgan fingerprint density at radius 1 is 1.40 bits per heavy atom. The lowest BCUT2D eigenvalue weighted by Gasteiger charge is -2.04. The van der Waals surface area contributed by atoms with Crippen LogP contribution in [0.1, 0.15) is 12.5 Å². The normalized spacial score (nSPS) is 11.1. The first kappa shape index (κ1) is 11.3. The van der Waals surface area contributed by atoms with Crippen LogP contribution in [0.3, 0.4) is 0 Å². The number of ether oxygens (including phenoxy) is 1. The van der Waals surface area contributed by atoms with Crippen molar-refractivity contribution in [2.75, 3.05) is 6.61 Å². The molecule has 1 aromatic rings. The van der Waals surface area contributed by atoms with Crippen LogP contribution >= 0.6 is 0 Å². The molecule has 0 amide bonds. The Bertz CT molecular complexity index is 341. The van der Waals surface area contributed by atoms with Gasteiger partial charge in [-0.1, -0.05) is 30.3 Å². The highest BCUT2D eigenvalue weighted by Gasteiger charge is 2.04. The second-order valence-electron chi connectivity index (χ2n) is 3.18. The number of hydrogen-bond donors (Lipinski definition) is 1. The van der Waals surface area contributed by atoms with Gasteiger partial charge in [-0.3, -0.25) is 0 Å². The van der Waals surface area contributed by atoms with Gasteiger partial charge in [-0.15, -0.1) is 0 Å². The summed E-state index contributed by atoms with van der Waals surface area (Å²) in [6, 6.07) is 9.77. The highest BCUT2D eigenvalue weighted by atomic mass is 16.5. The molecule has 0 radical (unpaired) electrons. The van der Waals surface area contributed by atoms with E-state index < -0.39 is 5.97 Å². The first-order valence-corrected chi connectivity index (χ1v) is 4.76. The first-order chi connectivity index (χ1) is 7.24. The van der Waals surface area contributed by atoms with Crippen molar-refractivity contribution >= 4 is 5.97 Å². The summed E-state index contributed by atoms with van der Waals surface area (Å²) in [6.07, 6.45) is 1.44. The third-order valence-electron chi connectivity index (χ3n) is 1.98. The molecular formula is C12H14O3. The van der Waals surface area contributed by atoms with E-state index >= 15 is 0 Å². The minimum atomic E-state index is -0.478. The largest absolute Gasteiger partial charge is 0.515 e. The minimum Gasteiger partial charge on any atom is -0.515 e. The molecule has 0 saturated heterocycles. The topological polar surface area (TPSA) is 46.5 Å². The van der Waals surface area contributed by atoms with Crippen LogP contribution in [0.2, 0.25) is 0 Å². The van der Waals surface area contributed by atoms with Crippen molar-refractivity contribution < 1.29 is 14.6 Å². The second kappa shape index (κ2) is 5.86. The molecule has 1 rings (SSSR count). The Kier molecular flexibility index (Phi) is 4.41. The van der Waals surface area contributed by atoms with Gasteiger partial charge in [0.1, 0.15) is 0 Å². The maximum atomic E-state index is 11.1. The molecule has 0 aromatic heterocycles. The maximum Gasteiger partial charge on any atom is 0.336 e. The summed E-state index contributed by atoms with van der Waals surface area (Å²) in [7, 11) is 0. The lowest BCUT2D eigenvalue weighted by Crippen LogP contribution is -2.08. The van der Waals surface area contributed by atoms with Crippen LogP contribution < -0.4 is 0 Å². The van der Waals surface area contributed by atoms with Gasteiger partial charge in [0, 0.05) is 6.42 Å². The quantitative estimate of drug-likeness (QED) is 0.467. The van der Waals surface area contributed by atoms with Gasteiger partial charge in [-0.25, -0.2) is 4.79 Å². The summed E-state index contributed by atoms with van der Waals surface area (Å²) in [6.45, 7) is 1.83. The standard InChI is InChI=1S/C12H14O3/c1-10(9-13)12(14)15-8-7-11-5-3-2-4-6-11/h2-6,9,13H,7-8H2,1H3/b10-9+. The van der Waals surface area contributed by atoms with Crippen LogP contribution in [0.25, 0.3) is 0 Å². The molecule has 0 fully saturated rings. The molecule has 0 aliphatic heterocycles. The lowest BCUT2D eigenvalue weighted by atomic mass is 10.2. The zero-order valence-corrected chi connectivity index (χ0v) is 8.64. The number of hydrogen-bond acceptors (Lipinski definition) is 3. The Labute approximate surface area is 89.0 Å². The molecule has 3 heteroatoms. The van der Waals surface area contributed by atoms with Gasteiger partial charge in [0.2, 0.25) is 0 Å². The van der Waals surface area contributed by atoms with Crippen LogP contribution in [0.4, 0.5) is 0 Å². The molecule has 1 aromatic carbocycles. The van der Waals surface area contributed by atoms with Crippen LogP contribution in [-0.2, 0) is 16.0 Å². The molecule has 0 atom stereocenters. The number of rotatable bonds is 4. The number of aliphatic hydroxyl groups is 1. The number of benzene rings is 1. The Morgan fingerprint density at radius 3 is 2.67 bits per heavy atom. The van der Waals surface area contributed by atoms with Crippen molar-refractivity contribution in [3.8, 4) is 0 Å². The fourth-order valence-electron chi connectivity index (χ4n) is 1.07. The number of carbonyl (C=O) groups excluding carboxylic acids is 1. The molecule has 1 N–H and O–H groups in total. The fourth-order valence-corrected chi connectivity index (χ4v) is 1.07. The zero-order valence-electron chi connectivity index (χ0n) is 8.64. The summed E-state index contributed by atoms with van der Waals surface area (Å²) < 4.78 is 4.93. The number of carbonyl (C=O) groups is 1. The van der Waals surface area contributed by atoms with Crippen molar-refractivity contribution in [3.63, 3.8) is 0 Å². The molecule has 80 valence electrons. The van der Waals surface area contributed by atoms with Gasteiger partial charge in [-0.2, -0.15) is 0 Å². The van der Waals surface area contributed by atoms with E-state index in [1.165, 1.54) is 6.92 Å². The van der Waals surface area contributed by atoms with Crippen molar-refractivity contribution in [2.45, 2.75) is 13.3 Å². The van der Waals surface area contributed by atoms with Gasteiger partial charge >= 0.3 is 5.97 Å². The van der Waals surface area contributed by atoms with Crippen molar-refractivity contribution in [1.82, 2.24) is 0 Å². The zero-order chi connectivity index (χ0) is 11.1. The molecule has 0 aliphatic carbocycles. The number of esters is 1. The third-order valence-corrected chi connectivity index (χ3v) is 1.98. The summed E-state index contributed by atoms with van der Waals surface area (Å²) >= 11 is 0. The van der Waals surface area contributed by atoms with Crippen LogP contribution in [-0.4, -0.2) is 17.7 Å². The Morgan fingerprint density at radius 2 is 2.07 bits per heavy atom. The molecule has 0 bridgehead atoms. The molecule has 0 saturated carbocycles. The summed E-state index contributed by atoms with van der Waals surface area (Å²) in [5, 5.41) is 8.56. The van der Waals surface area contributed by atoms with E-state index in [1.807, 2.05) is 30.3 Å². The smallest absolute Gasteiger partial charge is 0.336 e. The molecule has 0 unspecified atom stereocenters. The monoisotopic (exact) mass is 206 g/mol. The fraction of sp³-hybridized carbons (Fsp3) is 0.250. The van der Waals surface area contributed by atoms with E-state index in [0.29, 0.717) is 13.0 Å². The summed E-state index contributed by atoms with van der Waals surface area (Å²) in [4.78, 5) is 11.1. The van der Waals surface area contributed by atoms with E-state index in [2.05, 4.69) is 0 Å². The van der Waals surface area contributed by atoms with Gasteiger partial charge in [0.25, 0.3) is 0 Å². The van der Waals surface area contributed by atoms with Crippen molar-refractivity contribution in [1.29, 1.82) is 0 Å². The van der Waals surface area contributed by atoms with E-state index in [4.69, 9.17) is 9.84 Å². The Hall–Kier alpha value is -1.77. The SMILES string of the molecule is C/C(=C\O)C(=O)OCCc1ccccc1. The predicted octanol–water partition coefficient (Wildman–Crippen LogP) is 2.23. The van der Waals surface area contributed by atoms with Gasteiger partial charge in [0.05, 0.1) is 18.4 Å². The highest BCUT2D eigenvalue weighted by Crippen LogP contribution is 2.01. The average molecular weight is 206 g/mol. The maximum absolute atomic E-state index is 11.1. The molecule has 0 spiro atoms. The molecule has 0 aliphatic rings. The van der Waals surface area contributed by atoms with E-state index in [1.54, 1.807) is 0 Å². The van der Waals surface area contributed by atoms with Gasteiger partial charge < -0.3 is 9.84 Å². The molecule has 0 heterocycles. The summed E-state index contributed by atoms with van der Waals surface area (Å²) in [5.74, 6) is -0.478. The van der Waals surface area contributed by atoms with Gasteiger partial charge in [0.15, 0.2) is 0 Å². The third kappa shape index (κ3) is 3.85. The van der Waals surface area contributed by atoms with Crippen LogP contribution in [0.5, 0.6) is 0 Å². The predicted molar refractivity (Wildman–Crippen MR) is 57.5 cm³/mol. The van der Waals surface area contributed by atoms with E-state index in [9.17, 15) is 4.79 Å². The first-order valence-electron chi connectivity index (χ1n) is 4.76. The van der Waals surface area contributed by atoms with Crippen molar-refractivity contribution in [3.05, 3.63) is 47.7 Å². The summed E-state index contributed by atoms with van der Waals surface area (Å²) in [5.41, 5.74) is 1.33. The average Bonchev–Trinajstić information content (AvgIpc) is 2.29. The second-order valence-corrected chi connectivity index (χ2v) is 3.18. The molecule has 3 nitrogen and oxygen atoms in total. The lowest BCUT2D eigenvalue weighted by molar-refractivity contribution is -0.139. The minimum absolute atomic E-state index is 0.211. The molecule has 15 heavy (non-hydrogen) atoms. The Balaban J connectivity index is 2.31. The van der Waals surface area contributed by atoms with Crippen LogP contribution in [0.15, 0.2) is 42.2 Å². The van der Waals surface area contributed by atoms with Crippen LogP contribution in [0, 0.1) is 0 Å². The van der Waals surface area contributed by atoms with Crippen molar-refractivity contribution in [2.24, 2.45) is 0 Å². The highest BCUT2D eigenvalue weighted by molar-refractivity contribution is 5.87. The van der Waals surface area contributed by atoms with E-state index in [0.717, 1.165) is 11.8 Å². The molecular weight excluding hydrogens is 192 g/mol. The van der Waals surface area contributed by atoms with Gasteiger partial charge in [-0.05, 0) is 12.5 Å². The van der Waals surface area contributed by atoms with E-state index in [-0.39, 0.29) is 5.57 Å². The number of aliphatic hydroxyl groups excluding tert-OH is 1.